The Balaban J connectivity index is 1.68. The second-order valence-corrected chi connectivity index (χ2v) is 12.3. The lowest BCUT2D eigenvalue weighted by molar-refractivity contribution is -0.123. The van der Waals surface area contributed by atoms with Gasteiger partial charge in [0, 0.05) is 47.2 Å². The van der Waals surface area contributed by atoms with E-state index in [1.54, 1.807) is 30.6 Å². The molecule has 2 heterocycles. The predicted octanol–water partition coefficient (Wildman–Crippen LogP) is 6.27. The molecule has 0 radical (unpaired) electrons. The summed E-state index contributed by atoms with van der Waals surface area (Å²) in [4.78, 5) is 44.1. The number of amides is 2. The summed E-state index contributed by atoms with van der Waals surface area (Å²) in [7, 11) is 1.34. The summed E-state index contributed by atoms with van der Waals surface area (Å²) in [5, 5.41) is 15.2. The van der Waals surface area contributed by atoms with Crippen LogP contribution >= 0.6 is 11.6 Å². The Labute approximate surface area is 242 Å². The fourth-order valence-electron chi connectivity index (χ4n) is 6.74. The molecule has 41 heavy (non-hydrogen) atoms. The van der Waals surface area contributed by atoms with Gasteiger partial charge < -0.3 is 20.5 Å². The third-order valence-electron chi connectivity index (χ3n) is 8.18. The topological polar surface area (TPSA) is 118 Å². The Morgan fingerprint density at radius 3 is 2.68 bits per heavy atom. The van der Waals surface area contributed by atoms with Crippen LogP contribution in [0.2, 0.25) is 5.02 Å². The van der Waals surface area contributed by atoms with Crippen LogP contribution in [0.4, 0.5) is 15.8 Å². The number of aromatic carboxylic acids is 1. The maximum absolute atomic E-state index is 15.9. The number of aromatic nitrogens is 1. The Morgan fingerprint density at radius 1 is 1.24 bits per heavy atom. The molecule has 2 amide bonds. The van der Waals surface area contributed by atoms with Gasteiger partial charge in [0.2, 0.25) is 11.8 Å². The van der Waals surface area contributed by atoms with E-state index in [4.69, 9.17) is 16.3 Å². The van der Waals surface area contributed by atoms with Gasteiger partial charge in [-0.1, -0.05) is 44.5 Å². The van der Waals surface area contributed by atoms with Crippen molar-refractivity contribution in [1.29, 1.82) is 0 Å². The van der Waals surface area contributed by atoms with Crippen molar-refractivity contribution in [2.24, 2.45) is 17.3 Å². The van der Waals surface area contributed by atoms with Crippen LogP contribution < -0.4 is 15.4 Å². The van der Waals surface area contributed by atoms with Crippen molar-refractivity contribution in [3.05, 3.63) is 82.4 Å². The molecule has 1 fully saturated rings. The van der Waals surface area contributed by atoms with E-state index >= 15 is 4.39 Å². The van der Waals surface area contributed by atoms with Crippen LogP contribution in [-0.2, 0) is 15.0 Å². The maximum Gasteiger partial charge on any atom is 0.339 e. The first-order valence-corrected chi connectivity index (χ1v) is 13.7. The quantitative estimate of drug-likeness (QED) is 0.317. The molecule has 2 aliphatic rings. The van der Waals surface area contributed by atoms with Crippen LogP contribution in [0, 0.1) is 23.1 Å². The van der Waals surface area contributed by atoms with Gasteiger partial charge in [0.25, 0.3) is 0 Å². The number of pyridine rings is 1. The lowest BCUT2D eigenvalue weighted by atomic mass is 9.62. The van der Waals surface area contributed by atoms with Gasteiger partial charge in [-0.05, 0) is 54.0 Å². The molecule has 0 bridgehead atoms. The number of carbonyl (C=O) groups excluding carboxylic acids is 2. The molecule has 2 aromatic carbocycles. The Bertz CT molecular complexity index is 1550. The van der Waals surface area contributed by atoms with Gasteiger partial charge in [-0.3, -0.25) is 14.6 Å². The third kappa shape index (κ3) is 4.82. The lowest BCUT2D eigenvalue weighted by Gasteiger charge is -2.38. The molecule has 0 unspecified atom stereocenters. The first kappa shape index (κ1) is 28.5. The number of nitrogens with one attached hydrogen (secondary N) is 2. The lowest BCUT2D eigenvalue weighted by Crippen LogP contribution is -2.45. The number of rotatable bonds is 6. The molecule has 5 rings (SSSR count). The second kappa shape index (κ2) is 10.4. The molecule has 1 aromatic heterocycles. The fraction of sp³-hybridized carbons (Fsp3) is 0.355. The van der Waals surface area contributed by atoms with Gasteiger partial charge in [0.15, 0.2) is 0 Å². The highest BCUT2D eigenvalue weighted by Gasteiger charge is 2.66. The van der Waals surface area contributed by atoms with Crippen LogP contribution in [-0.4, -0.2) is 35.0 Å². The van der Waals surface area contributed by atoms with Crippen LogP contribution in [0.3, 0.4) is 0 Å². The molecule has 0 saturated heterocycles. The number of halogens is 2. The highest BCUT2D eigenvalue weighted by molar-refractivity contribution is 6.30. The zero-order chi connectivity index (χ0) is 29.7. The highest BCUT2D eigenvalue weighted by atomic mass is 35.5. The number of carboxylic acids is 1. The molecular formula is C31H31ClFN3O5. The molecule has 4 atom stereocenters. The average molecular weight is 580 g/mol. The van der Waals surface area contributed by atoms with Gasteiger partial charge >= 0.3 is 5.97 Å². The highest BCUT2D eigenvalue weighted by Crippen LogP contribution is 2.64. The van der Waals surface area contributed by atoms with Gasteiger partial charge in [-0.15, -0.1) is 0 Å². The number of ether oxygens (including phenoxy) is 1. The zero-order valence-electron chi connectivity index (χ0n) is 23.1. The number of nitrogens with zero attached hydrogens (tertiary/aromatic N) is 1. The van der Waals surface area contributed by atoms with E-state index in [9.17, 15) is 19.5 Å². The molecule has 1 aliphatic carbocycles. The van der Waals surface area contributed by atoms with Crippen LogP contribution in [0.1, 0.15) is 61.0 Å². The Hall–Kier alpha value is -3.98. The normalized spacial score (nSPS) is 23.3. The summed E-state index contributed by atoms with van der Waals surface area (Å²) in [6, 6.07) is 10.6. The third-order valence-corrected chi connectivity index (χ3v) is 8.47. The van der Waals surface area contributed by atoms with Crippen molar-refractivity contribution in [3.63, 3.8) is 0 Å². The number of hydrogen-bond donors (Lipinski definition) is 3. The molecule has 10 heteroatoms. The minimum atomic E-state index is -1.28. The minimum Gasteiger partial charge on any atom is -0.496 e. The van der Waals surface area contributed by atoms with E-state index < -0.39 is 34.9 Å². The number of fused-ring (bicyclic) bond motifs is 2. The molecule has 214 valence electrons. The van der Waals surface area contributed by atoms with E-state index in [0.717, 1.165) is 0 Å². The van der Waals surface area contributed by atoms with E-state index in [-0.39, 0.29) is 39.1 Å². The van der Waals surface area contributed by atoms with Gasteiger partial charge in [0.1, 0.15) is 17.1 Å². The molecular weight excluding hydrogens is 549 g/mol. The Kier molecular flexibility index (Phi) is 7.27. The van der Waals surface area contributed by atoms with E-state index in [1.165, 1.54) is 31.4 Å². The van der Waals surface area contributed by atoms with Crippen LogP contribution in [0.5, 0.6) is 5.75 Å². The molecule has 1 spiro atoms. The molecule has 1 aliphatic heterocycles. The molecule has 8 nitrogen and oxygen atoms in total. The number of hydrogen-bond acceptors (Lipinski definition) is 5. The molecule has 3 N–H and O–H groups in total. The molecule has 3 aromatic rings. The summed E-state index contributed by atoms with van der Waals surface area (Å²) >= 11 is 6.25. The van der Waals surface area contributed by atoms with E-state index in [1.807, 2.05) is 0 Å². The van der Waals surface area contributed by atoms with E-state index in [2.05, 4.69) is 36.4 Å². The monoisotopic (exact) mass is 579 g/mol. The standard InChI is InChI=1S/C31H31ClFN3O5/c1-30(2,3)14-16-12-20(27(37)35-17-8-9-18(28(38)39)24(13-17)41-4)25(19-6-5-7-22(32)26(19)33)31(16)21-15-34-11-10-23(21)36-29(31)40/h5-11,13,15-16,20,25H,12,14H2,1-4H3,(H,35,37)(H,36,40)(H,38,39)/t16-,20+,25-,31-/m0/s1. The van der Waals surface area contributed by atoms with Gasteiger partial charge in [-0.2, -0.15) is 0 Å². The summed E-state index contributed by atoms with van der Waals surface area (Å²) in [5.74, 6) is -4.57. The van der Waals surface area contributed by atoms with Crippen molar-refractivity contribution in [1.82, 2.24) is 4.98 Å². The zero-order valence-corrected chi connectivity index (χ0v) is 23.9. The fourth-order valence-corrected chi connectivity index (χ4v) is 6.92. The second-order valence-electron chi connectivity index (χ2n) is 11.9. The number of carbonyl (C=O) groups is 3. The summed E-state index contributed by atoms with van der Waals surface area (Å²) in [6.07, 6.45) is 4.09. The SMILES string of the molecule is COc1cc(NC(=O)[C@@H]2C[C@@H](CC(C)(C)C)[C@@]3(C(=O)Nc4ccncc43)[C@H]2c2cccc(Cl)c2F)ccc1C(=O)O. The van der Waals surface area contributed by atoms with Crippen molar-refractivity contribution in [2.75, 3.05) is 17.7 Å². The first-order chi connectivity index (χ1) is 19.4. The van der Waals surface area contributed by atoms with Crippen LogP contribution in [0.15, 0.2) is 54.9 Å². The van der Waals surface area contributed by atoms with Gasteiger partial charge in [0.05, 0.1) is 17.5 Å². The summed E-state index contributed by atoms with van der Waals surface area (Å²) in [6.45, 7) is 6.20. The Morgan fingerprint density at radius 2 is 2.00 bits per heavy atom. The van der Waals surface area contributed by atoms with Crippen molar-refractivity contribution in [3.8, 4) is 5.75 Å². The predicted molar refractivity (Wildman–Crippen MR) is 153 cm³/mol. The molecule has 1 saturated carbocycles. The first-order valence-electron chi connectivity index (χ1n) is 13.3. The average Bonchev–Trinajstić information content (AvgIpc) is 3.39. The summed E-state index contributed by atoms with van der Waals surface area (Å²) < 4.78 is 21.1. The summed E-state index contributed by atoms with van der Waals surface area (Å²) in [5.41, 5.74) is 0.160. The number of carboxylic acid groups (broad SMARTS) is 1. The van der Waals surface area contributed by atoms with Gasteiger partial charge in [-0.25, -0.2) is 9.18 Å². The van der Waals surface area contributed by atoms with Crippen molar-refractivity contribution in [2.45, 2.75) is 44.9 Å². The van der Waals surface area contributed by atoms with Crippen molar-refractivity contribution >= 4 is 40.8 Å². The minimum absolute atomic E-state index is 0.0545. The van der Waals surface area contributed by atoms with Crippen LogP contribution in [0.25, 0.3) is 0 Å². The number of anilines is 2. The maximum atomic E-state index is 15.9. The van der Waals surface area contributed by atoms with Crippen molar-refractivity contribution < 1.29 is 28.6 Å². The number of benzene rings is 2. The number of methoxy groups -OCH3 is 1. The largest absolute Gasteiger partial charge is 0.496 e. The van der Waals surface area contributed by atoms with E-state index in [0.29, 0.717) is 29.8 Å². The smallest absolute Gasteiger partial charge is 0.339 e.